The molecule has 0 amide bonds. The average molecular weight is 540 g/mol. The molecule has 0 N–H and O–H groups in total. The molecule has 0 aliphatic carbocycles. The molecule has 0 saturated carbocycles. The van der Waals surface area contributed by atoms with Crippen molar-refractivity contribution in [1.82, 2.24) is 0 Å². The van der Waals surface area contributed by atoms with Crippen molar-refractivity contribution in [2.24, 2.45) is 0 Å². The molecule has 156 valence electrons. The first-order valence-electron chi connectivity index (χ1n) is 10.1. The molecule has 0 fully saturated rings. The molecule has 4 rings (SSSR count). The minimum absolute atomic E-state index is 0.332. The molecule has 4 aromatic carbocycles. The maximum atomic E-state index is 14.1. The number of rotatable bonds is 6. The molecule has 0 bridgehead atoms. The SMILES string of the molecule is CC(I)(C([O-])c1ccc(F)cc1)[P+](c1ccccc1)(c1ccccc1)c1ccccc1. The molecule has 0 spiro atoms. The normalized spacial score (nSPS) is 14.6. The Bertz CT molecular complexity index is 1020. The number of alkyl halides is 1. The third-order valence-corrected chi connectivity index (χ3v) is 13.2. The molecule has 4 aromatic rings. The summed E-state index contributed by atoms with van der Waals surface area (Å²) in [6.07, 6.45) is -1.05. The summed E-state index contributed by atoms with van der Waals surface area (Å²) in [7, 11) is -2.41. The Morgan fingerprint density at radius 1 is 0.677 bits per heavy atom. The van der Waals surface area contributed by atoms with Crippen LogP contribution in [0.4, 0.5) is 4.39 Å². The van der Waals surface area contributed by atoms with Gasteiger partial charge in [0.2, 0.25) is 0 Å². The summed E-state index contributed by atoms with van der Waals surface area (Å²) in [5.41, 5.74) is 0.602. The first-order chi connectivity index (χ1) is 15.0. The molecule has 0 aromatic heterocycles. The zero-order valence-corrected chi connectivity index (χ0v) is 20.2. The standard InChI is InChI=1S/C27H23FIOP/c1-27(29,26(30)21-17-19-22(28)20-18-21)31(23-11-5-2-6-12-23,24-13-7-3-8-14-24)25-15-9-4-10-16-25/h2-20,26H,1H3. The topological polar surface area (TPSA) is 23.1 Å². The number of hydrogen-bond donors (Lipinski definition) is 0. The van der Waals surface area contributed by atoms with Crippen LogP contribution >= 0.6 is 29.9 Å². The fourth-order valence-corrected chi connectivity index (χ4v) is 11.9. The van der Waals surface area contributed by atoms with Crippen molar-refractivity contribution in [1.29, 1.82) is 0 Å². The predicted octanol–water partition coefficient (Wildman–Crippen LogP) is 5.37. The second-order valence-electron chi connectivity index (χ2n) is 7.63. The molecule has 0 saturated heterocycles. The van der Waals surface area contributed by atoms with Gasteiger partial charge in [0.05, 0.1) is 0 Å². The Morgan fingerprint density at radius 2 is 1.03 bits per heavy atom. The summed E-state index contributed by atoms with van der Waals surface area (Å²) in [4.78, 5) is 0. The second kappa shape index (κ2) is 9.20. The van der Waals surface area contributed by atoms with Gasteiger partial charge in [-0.15, -0.1) is 0 Å². The van der Waals surface area contributed by atoms with E-state index in [1.807, 2.05) is 54.6 Å². The van der Waals surface area contributed by atoms with E-state index in [9.17, 15) is 9.50 Å². The molecule has 0 aliphatic rings. The Morgan fingerprint density at radius 3 is 1.39 bits per heavy atom. The maximum Gasteiger partial charge on any atom is 0.132 e. The summed E-state index contributed by atoms with van der Waals surface area (Å²) in [5.74, 6) is -0.332. The van der Waals surface area contributed by atoms with E-state index in [-0.39, 0.29) is 5.82 Å². The Hall–Kier alpha value is -2.07. The van der Waals surface area contributed by atoms with Crippen molar-refractivity contribution >= 4 is 45.8 Å². The molecule has 1 nitrogen and oxygen atoms in total. The van der Waals surface area contributed by atoms with Crippen molar-refractivity contribution in [3.8, 4) is 0 Å². The van der Waals surface area contributed by atoms with Gasteiger partial charge >= 0.3 is 0 Å². The van der Waals surface area contributed by atoms with Crippen LogP contribution in [-0.2, 0) is 0 Å². The highest BCUT2D eigenvalue weighted by Crippen LogP contribution is 2.71. The van der Waals surface area contributed by atoms with Crippen LogP contribution < -0.4 is 21.0 Å². The van der Waals surface area contributed by atoms with Crippen LogP contribution in [0.25, 0.3) is 0 Å². The third kappa shape index (κ3) is 3.95. The largest absolute Gasteiger partial charge is 0.845 e. The quantitative estimate of drug-likeness (QED) is 0.183. The van der Waals surface area contributed by atoms with Gasteiger partial charge in [-0.05, 0) is 84.1 Å². The Kier molecular flexibility index (Phi) is 6.57. The summed E-state index contributed by atoms with van der Waals surface area (Å²) in [6, 6.07) is 37.1. The lowest BCUT2D eigenvalue weighted by Gasteiger charge is -2.46. The van der Waals surface area contributed by atoms with Crippen LogP contribution in [0.5, 0.6) is 0 Å². The van der Waals surface area contributed by atoms with E-state index >= 15 is 0 Å². The average Bonchev–Trinajstić information content (AvgIpc) is 2.81. The summed E-state index contributed by atoms with van der Waals surface area (Å²) in [5, 5.41) is 17.6. The van der Waals surface area contributed by atoms with E-state index in [1.165, 1.54) is 12.1 Å². The Balaban J connectivity index is 2.05. The maximum absolute atomic E-state index is 14.1. The van der Waals surface area contributed by atoms with Gasteiger partial charge in [0, 0.05) is 0 Å². The van der Waals surface area contributed by atoms with E-state index in [0.717, 1.165) is 15.9 Å². The highest BCUT2D eigenvalue weighted by atomic mass is 127. The fraction of sp³-hybridized carbons (Fsp3) is 0.111. The number of hydrogen-bond acceptors (Lipinski definition) is 1. The van der Waals surface area contributed by atoms with Gasteiger partial charge in [0.25, 0.3) is 0 Å². The van der Waals surface area contributed by atoms with Gasteiger partial charge in [-0.1, -0.05) is 72.3 Å². The zero-order valence-electron chi connectivity index (χ0n) is 17.2. The highest BCUT2D eigenvalue weighted by Gasteiger charge is 2.59. The van der Waals surface area contributed by atoms with Crippen molar-refractivity contribution in [3.05, 3.63) is 127 Å². The van der Waals surface area contributed by atoms with E-state index in [0.29, 0.717) is 5.56 Å². The van der Waals surface area contributed by atoms with E-state index in [2.05, 4.69) is 65.9 Å². The van der Waals surface area contributed by atoms with Crippen LogP contribution in [0.15, 0.2) is 115 Å². The van der Waals surface area contributed by atoms with Gasteiger partial charge in [-0.2, -0.15) is 0 Å². The van der Waals surface area contributed by atoms with Gasteiger partial charge in [0.15, 0.2) is 0 Å². The van der Waals surface area contributed by atoms with Crippen molar-refractivity contribution < 1.29 is 9.50 Å². The molecule has 0 aliphatic heterocycles. The van der Waals surface area contributed by atoms with Crippen LogP contribution in [0.1, 0.15) is 18.6 Å². The lowest BCUT2D eigenvalue weighted by molar-refractivity contribution is -0.426. The van der Waals surface area contributed by atoms with Crippen LogP contribution in [0, 0.1) is 5.82 Å². The van der Waals surface area contributed by atoms with Gasteiger partial charge in [-0.3, -0.25) is 0 Å². The van der Waals surface area contributed by atoms with Gasteiger partial charge < -0.3 is 5.11 Å². The Labute approximate surface area is 197 Å². The van der Waals surface area contributed by atoms with Crippen LogP contribution in [0.2, 0.25) is 0 Å². The molecule has 0 heterocycles. The van der Waals surface area contributed by atoms with E-state index < -0.39 is 16.5 Å². The molecule has 31 heavy (non-hydrogen) atoms. The molecule has 0 radical (unpaired) electrons. The van der Waals surface area contributed by atoms with E-state index in [1.54, 1.807) is 12.1 Å². The van der Waals surface area contributed by atoms with Gasteiger partial charge in [0.1, 0.15) is 32.2 Å². The minimum atomic E-state index is -2.41. The zero-order chi connectivity index (χ0) is 21.9. The number of halogens is 2. The number of benzene rings is 4. The smallest absolute Gasteiger partial charge is 0.132 e. The first kappa shape index (κ1) is 22.1. The summed E-state index contributed by atoms with van der Waals surface area (Å²) in [6.45, 7) is 2.06. The van der Waals surface area contributed by atoms with E-state index in [4.69, 9.17) is 0 Å². The summed E-state index contributed by atoms with van der Waals surface area (Å²) < 4.78 is 12.9. The third-order valence-electron chi connectivity index (χ3n) is 5.74. The first-order valence-corrected chi connectivity index (χ1v) is 13.0. The molecule has 2 unspecified atom stereocenters. The molecule has 4 heteroatoms. The summed E-state index contributed by atoms with van der Waals surface area (Å²) >= 11 is 2.38. The van der Waals surface area contributed by atoms with Crippen LogP contribution in [0.3, 0.4) is 0 Å². The van der Waals surface area contributed by atoms with Gasteiger partial charge in [-0.25, -0.2) is 4.39 Å². The minimum Gasteiger partial charge on any atom is -0.845 e. The molecular weight excluding hydrogens is 517 g/mol. The van der Waals surface area contributed by atoms with Crippen molar-refractivity contribution in [3.63, 3.8) is 0 Å². The fourth-order valence-electron chi connectivity index (χ4n) is 4.28. The van der Waals surface area contributed by atoms with Crippen molar-refractivity contribution in [2.45, 2.75) is 16.2 Å². The van der Waals surface area contributed by atoms with Crippen molar-refractivity contribution in [2.75, 3.05) is 0 Å². The highest BCUT2D eigenvalue weighted by molar-refractivity contribution is 14.1. The lowest BCUT2D eigenvalue weighted by atomic mass is 10.1. The molecular formula is C27H23FIOP. The monoisotopic (exact) mass is 540 g/mol. The van der Waals surface area contributed by atoms with Crippen LogP contribution in [-0.4, -0.2) is 3.16 Å². The second-order valence-corrected chi connectivity index (χ2v) is 14.5. The predicted molar refractivity (Wildman–Crippen MR) is 137 cm³/mol. The lowest BCUT2D eigenvalue weighted by Crippen LogP contribution is -2.49. The molecule has 2 atom stereocenters.